The van der Waals surface area contributed by atoms with Gasteiger partial charge < -0.3 is 15.1 Å². The Bertz CT molecular complexity index is 757. The van der Waals surface area contributed by atoms with Gasteiger partial charge >= 0.3 is 0 Å². The number of anilines is 1. The fourth-order valence-corrected chi connectivity index (χ4v) is 2.02. The van der Waals surface area contributed by atoms with Crippen molar-refractivity contribution in [3.63, 3.8) is 0 Å². The zero-order valence-corrected chi connectivity index (χ0v) is 12.4. The average Bonchev–Trinajstić information content (AvgIpc) is 3.12. The smallest absolute Gasteiger partial charge is 0.270 e. The molecule has 0 fully saturated rings. The van der Waals surface area contributed by atoms with Gasteiger partial charge in [0.2, 0.25) is 5.95 Å². The van der Waals surface area contributed by atoms with Crippen molar-refractivity contribution < 1.29 is 9.21 Å². The fraction of sp³-hybridized carbons (Fsp3) is 0.118. The lowest BCUT2D eigenvalue weighted by molar-refractivity contribution is 0.0943. The minimum Gasteiger partial charge on any atom is -0.467 e. The number of carbonyl (C=O) groups is 1. The predicted octanol–water partition coefficient (Wildman–Crippen LogP) is 2.61. The van der Waals surface area contributed by atoms with E-state index in [0.29, 0.717) is 30.5 Å². The topological polar surface area (TPSA) is 80.0 Å². The summed E-state index contributed by atoms with van der Waals surface area (Å²) >= 11 is 0. The number of nitrogens with one attached hydrogen (secondary N) is 2. The van der Waals surface area contributed by atoms with E-state index < -0.39 is 0 Å². The summed E-state index contributed by atoms with van der Waals surface area (Å²) in [6.07, 6.45) is 3.12. The molecule has 0 aliphatic rings. The van der Waals surface area contributed by atoms with Gasteiger partial charge in [-0.2, -0.15) is 0 Å². The molecule has 0 bridgehead atoms. The molecule has 0 radical (unpaired) electrons. The van der Waals surface area contributed by atoms with Gasteiger partial charge in [-0.25, -0.2) is 9.97 Å². The Labute approximate surface area is 133 Å². The van der Waals surface area contributed by atoms with E-state index in [9.17, 15) is 4.79 Å². The van der Waals surface area contributed by atoms with Crippen LogP contribution in [0.25, 0.3) is 0 Å². The molecule has 1 aromatic carbocycles. The molecule has 3 rings (SSSR count). The van der Waals surface area contributed by atoms with E-state index in [-0.39, 0.29) is 5.91 Å². The van der Waals surface area contributed by atoms with Crippen LogP contribution in [0.3, 0.4) is 0 Å². The van der Waals surface area contributed by atoms with Crippen LogP contribution < -0.4 is 10.6 Å². The average molecular weight is 308 g/mol. The second-order valence-corrected chi connectivity index (χ2v) is 4.87. The Morgan fingerprint density at radius 2 is 1.91 bits per heavy atom. The summed E-state index contributed by atoms with van der Waals surface area (Å²) < 4.78 is 5.17. The Hall–Kier alpha value is -3.15. The highest BCUT2D eigenvalue weighted by atomic mass is 16.3. The molecule has 2 aromatic heterocycles. The van der Waals surface area contributed by atoms with E-state index in [1.54, 1.807) is 30.7 Å². The van der Waals surface area contributed by atoms with Crippen molar-refractivity contribution in [3.05, 3.63) is 78.0 Å². The van der Waals surface area contributed by atoms with E-state index in [0.717, 1.165) is 5.56 Å². The summed E-state index contributed by atoms with van der Waals surface area (Å²) in [5.74, 6) is 0.834. The summed E-state index contributed by atoms with van der Waals surface area (Å²) in [6, 6.07) is 15.1. The Morgan fingerprint density at radius 1 is 1.04 bits per heavy atom. The quantitative estimate of drug-likeness (QED) is 0.731. The molecular weight excluding hydrogens is 292 g/mol. The molecule has 2 heterocycles. The largest absolute Gasteiger partial charge is 0.467 e. The Balaban J connectivity index is 1.59. The normalized spacial score (nSPS) is 10.3. The van der Waals surface area contributed by atoms with Gasteiger partial charge in [0.25, 0.3) is 5.91 Å². The summed E-state index contributed by atoms with van der Waals surface area (Å²) in [5, 5.41) is 5.86. The molecule has 0 spiro atoms. The number of amides is 1. The number of furan rings is 1. The van der Waals surface area contributed by atoms with Crippen LogP contribution in [0.2, 0.25) is 0 Å². The van der Waals surface area contributed by atoms with E-state index in [4.69, 9.17) is 4.42 Å². The number of hydrogen-bond acceptors (Lipinski definition) is 5. The van der Waals surface area contributed by atoms with Gasteiger partial charge in [0, 0.05) is 12.7 Å². The Kier molecular flexibility index (Phi) is 4.63. The van der Waals surface area contributed by atoms with Crippen LogP contribution in [0.4, 0.5) is 5.95 Å². The first-order chi connectivity index (χ1) is 11.3. The molecule has 116 valence electrons. The molecule has 0 saturated carbocycles. The molecule has 0 saturated heterocycles. The van der Waals surface area contributed by atoms with Crippen LogP contribution in [-0.4, -0.2) is 15.9 Å². The third-order valence-corrected chi connectivity index (χ3v) is 3.18. The van der Waals surface area contributed by atoms with Crippen LogP contribution in [0.15, 0.2) is 65.4 Å². The number of nitrogens with zero attached hydrogens (tertiary/aromatic N) is 2. The van der Waals surface area contributed by atoms with Gasteiger partial charge in [0.05, 0.1) is 12.8 Å². The maximum Gasteiger partial charge on any atom is 0.270 e. The predicted molar refractivity (Wildman–Crippen MR) is 85.7 cm³/mol. The highest BCUT2D eigenvalue weighted by molar-refractivity contribution is 5.92. The lowest BCUT2D eigenvalue weighted by Gasteiger charge is -2.07. The molecule has 0 aliphatic carbocycles. The number of hydrogen-bond donors (Lipinski definition) is 2. The van der Waals surface area contributed by atoms with Crippen molar-refractivity contribution in [2.24, 2.45) is 0 Å². The van der Waals surface area contributed by atoms with Crippen molar-refractivity contribution in [2.45, 2.75) is 13.1 Å². The van der Waals surface area contributed by atoms with Crippen molar-refractivity contribution in [2.75, 3.05) is 5.32 Å². The number of aromatic nitrogens is 2. The van der Waals surface area contributed by atoms with Crippen molar-refractivity contribution in [3.8, 4) is 0 Å². The second kappa shape index (κ2) is 7.22. The van der Waals surface area contributed by atoms with Crippen LogP contribution in [0, 0.1) is 0 Å². The molecule has 6 nitrogen and oxygen atoms in total. The van der Waals surface area contributed by atoms with Crippen LogP contribution in [0.1, 0.15) is 21.8 Å². The molecule has 0 aliphatic heterocycles. The Morgan fingerprint density at radius 3 is 2.70 bits per heavy atom. The molecule has 23 heavy (non-hydrogen) atoms. The maximum atomic E-state index is 12.1. The lowest BCUT2D eigenvalue weighted by atomic mass is 10.2. The van der Waals surface area contributed by atoms with Crippen LogP contribution in [-0.2, 0) is 13.1 Å². The first-order valence-electron chi connectivity index (χ1n) is 7.23. The third-order valence-electron chi connectivity index (χ3n) is 3.18. The molecular formula is C17H16N4O2. The second-order valence-electron chi connectivity index (χ2n) is 4.87. The highest BCUT2D eigenvalue weighted by Crippen LogP contribution is 2.05. The van der Waals surface area contributed by atoms with Crippen molar-refractivity contribution in [1.29, 1.82) is 0 Å². The summed E-state index contributed by atoms with van der Waals surface area (Å²) in [6.45, 7) is 0.918. The zero-order chi connectivity index (χ0) is 15.9. The minimum atomic E-state index is -0.272. The van der Waals surface area contributed by atoms with Gasteiger partial charge in [-0.1, -0.05) is 30.3 Å². The van der Waals surface area contributed by atoms with Crippen molar-refractivity contribution in [1.82, 2.24) is 15.3 Å². The van der Waals surface area contributed by atoms with Gasteiger partial charge in [-0.05, 0) is 23.8 Å². The first-order valence-corrected chi connectivity index (χ1v) is 7.23. The number of carbonyl (C=O) groups excluding carboxylic acids is 1. The standard InChI is InChI=1S/C17H16N4O2/c22-16(19-12-14-7-4-10-23-14)15-8-9-18-17(21-15)20-11-13-5-2-1-3-6-13/h1-10H,11-12H2,(H,19,22)(H,18,20,21). The summed E-state index contributed by atoms with van der Waals surface area (Å²) in [5.41, 5.74) is 1.42. The summed E-state index contributed by atoms with van der Waals surface area (Å²) in [4.78, 5) is 20.4. The molecule has 3 aromatic rings. The lowest BCUT2D eigenvalue weighted by Crippen LogP contribution is -2.24. The molecule has 1 amide bonds. The van der Waals surface area contributed by atoms with Gasteiger partial charge in [-0.3, -0.25) is 4.79 Å². The van der Waals surface area contributed by atoms with E-state index in [2.05, 4.69) is 20.6 Å². The van der Waals surface area contributed by atoms with Crippen LogP contribution >= 0.6 is 0 Å². The zero-order valence-electron chi connectivity index (χ0n) is 12.4. The third kappa shape index (κ3) is 4.16. The highest BCUT2D eigenvalue weighted by Gasteiger charge is 2.09. The molecule has 0 atom stereocenters. The van der Waals surface area contributed by atoms with Gasteiger partial charge in [0.1, 0.15) is 11.5 Å². The number of rotatable bonds is 6. The van der Waals surface area contributed by atoms with Gasteiger partial charge in [-0.15, -0.1) is 0 Å². The fourth-order valence-electron chi connectivity index (χ4n) is 2.02. The first kappa shape index (κ1) is 14.8. The SMILES string of the molecule is O=C(NCc1ccco1)c1ccnc(NCc2ccccc2)n1. The van der Waals surface area contributed by atoms with Crippen LogP contribution in [0.5, 0.6) is 0 Å². The summed E-state index contributed by atoms with van der Waals surface area (Å²) in [7, 11) is 0. The number of benzene rings is 1. The van der Waals surface area contributed by atoms with Crippen molar-refractivity contribution >= 4 is 11.9 Å². The minimum absolute atomic E-state index is 0.272. The van der Waals surface area contributed by atoms with E-state index >= 15 is 0 Å². The monoisotopic (exact) mass is 308 g/mol. The van der Waals surface area contributed by atoms with E-state index in [1.165, 1.54) is 0 Å². The molecule has 0 unspecified atom stereocenters. The molecule has 2 N–H and O–H groups in total. The molecule has 6 heteroatoms. The maximum absolute atomic E-state index is 12.1. The van der Waals surface area contributed by atoms with Gasteiger partial charge in [0.15, 0.2) is 0 Å². The van der Waals surface area contributed by atoms with E-state index in [1.807, 2.05) is 30.3 Å².